The van der Waals surface area contributed by atoms with Gasteiger partial charge < -0.3 is 34.6 Å². The van der Waals surface area contributed by atoms with Crippen molar-refractivity contribution in [1.82, 2.24) is 29.8 Å². The molecule has 14 heteroatoms. The number of nitrogens with zero attached hydrogens (tertiary/aromatic N) is 5. The minimum atomic E-state index is -4.73. The summed E-state index contributed by atoms with van der Waals surface area (Å²) in [5.41, 5.74) is 0.852. The van der Waals surface area contributed by atoms with E-state index in [0.717, 1.165) is 19.6 Å². The van der Waals surface area contributed by atoms with E-state index in [-0.39, 0.29) is 42.4 Å². The molecule has 1 N–H and O–H groups in total. The molecule has 4 rings (SSSR count). The van der Waals surface area contributed by atoms with Crippen LogP contribution in [0.25, 0.3) is 0 Å². The summed E-state index contributed by atoms with van der Waals surface area (Å²) in [5.74, 6) is -2.58. The molecule has 2 aliphatic rings. The number of hydrogen-bond acceptors (Lipinski definition) is 8. The summed E-state index contributed by atoms with van der Waals surface area (Å²) in [6.07, 6.45) is -4.73. The quantitative estimate of drug-likeness (QED) is 0.292. The van der Waals surface area contributed by atoms with Gasteiger partial charge in [-0.1, -0.05) is 60.7 Å². The Morgan fingerprint density at radius 3 is 1.63 bits per heavy atom. The van der Waals surface area contributed by atoms with Gasteiger partial charge in [0.25, 0.3) is 0 Å². The maximum Gasteiger partial charge on any atom is 0.422 e. The first-order valence-corrected chi connectivity index (χ1v) is 18.3. The lowest BCUT2D eigenvalue weighted by Crippen LogP contribution is -2.60. The Hall–Kier alpha value is -4.01. The van der Waals surface area contributed by atoms with Crippen molar-refractivity contribution in [3.8, 4) is 0 Å². The number of rotatable bonds is 9. The maximum absolute atomic E-state index is 13.3. The minimum Gasteiger partial charge on any atom is -0.449 e. The van der Waals surface area contributed by atoms with Crippen LogP contribution in [-0.2, 0) is 23.9 Å². The molecule has 2 saturated heterocycles. The van der Waals surface area contributed by atoms with Crippen LogP contribution in [0, 0.1) is 10.8 Å². The predicted molar refractivity (Wildman–Crippen MR) is 202 cm³/mol. The molecule has 0 radical (unpaired) electrons. The first kappa shape index (κ1) is 44.4. The van der Waals surface area contributed by atoms with Crippen molar-refractivity contribution < 1.29 is 37.1 Å². The summed E-state index contributed by atoms with van der Waals surface area (Å²) >= 11 is 0. The third-order valence-corrected chi connectivity index (χ3v) is 9.60. The molecule has 3 amide bonds. The summed E-state index contributed by atoms with van der Waals surface area (Å²) in [6.45, 7) is 12.7. The summed E-state index contributed by atoms with van der Waals surface area (Å²) in [7, 11) is 7.77. The van der Waals surface area contributed by atoms with Gasteiger partial charge in [0, 0.05) is 57.4 Å². The molecule has 11 nitrogen and oxygen atoms in total. The van der Waals surface area contributed by atoms with Crippen molar-refractivity contribution in [2.45, 2.75) is 71.9 Å². The van der Waals surface area contributed by atoms with E-state index in [0.29, 0.717) is 12.1 Å². The molecule has 2 aromatic rings. The van der Waals surface area contributed by atoms with Gasteiger partial charge in [-0.15, -0.1) is 0 Å². The van der Waals surface area contributed by atoms with E-state index in [1.54, 1.807) is 42.2 Å². The monoisotopic (exact) mass is 760 g/mol. The maximum atomic E-state index is 13.3. The van der Waals surface area contributed by atoms with Gasteiger partial charge in [-0.2, -0.15) is 13.2 Å². The fraction of sp³-hybridized carbons (Fsp3) is 0.600. The molecular weight excluding hydrogens is 701 g/mol. The number of hydrogen-bond donors (Lipinski definition) is 1. The number of amides is 3. The summed E-state index contributed by atoms with van der Waals surface area (Å²) in [4.78, 5) is 60.1. The second kappa shape index (κ2) is 18.5. The number of ether oxygens (including phenoxy) is 1. The zero-order valence-electron chi connectivity index (χ0n) is 33.4. The molecule has 2 aromatic carbocycles. The van der Waals surface area contributed by atoms with E-state index < -0.39 is 42.2 Å². The molecule has 0 saturated carbocycles. The number of alkyl halides is 3. The average molecular weight is 761 g/mol. The average Bonchev–Trinajstić information content (AvgIpc) is 3.09. The number of esters is 1. The minimum absolute atomic E-state index is 0.0106. The molecule has 2 aliphatic heterocycles. The van der Waals surface area contributed by atoms with Crippen LogP contribution < -0.4 is 5.32 Å². The molecule has 0 spiro atoms. The number of piperazine rings is 2. The molecule has 0 unspecified atom stereocenters. The van der Waals surface area contributed by atoms with E-state index in [1.807, 2.05) is 66.9 Å². The van der Waals surface area contributed by atoms with Crippen LogP contribution in [0.2, 0.25) is 0 Å². The Labute approximate surface area is 318 Å². The van der Waals surface area contributed by atoms with E-state index in [4.69, 9.17) is 0 Å². The van der Waals surface area contributed by atoms with Crippen molar-refractivity contribution in [2.75, 3.05) is 74.1 Å². The fourth-order valence-electron chi connectivity index (χ4n) is 7.32. The van der Waals surface area contributed by atoms with Crippen LogP contribution in [-0.4, -0.2) is 141 Å². The van der Waals surface area contributed by atoms with E-state index >= 15 is 0 Å². The number of nitrogens with one attached hydrogen (secondary N) is 1. The standard InChI is InChI=1S/C22H30F3N3O4.C18H29N3O/c1-15-11-28(18(29)19(30)32-14-22(23,24)25)17(16-9-7-6-8-10-16)12-27(15)20(31)21(2,3)13-26(4)5;1-14-11-19-16(15-9-7-6-8-10-15)12-21(14)17(22)18(2,3)13-20(4)5/h6-10,15,17H,11-14H2,1-5H3;6-10,14,16,19H,11-13H2,1-5H3/t15-,17-;14-,16-/m11/s1. The van der Waals surface area contributed by atoms with E-state index in [2.05, 4.69) is 51.0 Å². The van der Waals surface area contributed by atoms with Crippen molar-refractivity contribution >= 4 is 23.7 Å². The number of carbonyl (C=O) groups is 4. The molecule has 300 valence electrons. The van der Waals surface area contributed by atoms with Crippen molar-refractivity contribution in [2.24, 2.45) is 10.8 Å². The Balaban J connectivity index is 0.000000311. The number of benzene rings is 2. The summed E-state index contributed by atoms with van der Waals surface area (Å²) in [6, 6.07) is 18.5. The smallest absolute Gasteiger partial charge is 0.422 e. The molecule has 4 atom stereocenters. The molecule has 0 bridgehead atoms. The lowest BCUT2D eigenvalue weighted by Gasteiger charge is -2.47. The highest BCUT2D eigenvalue weighted by Crippen LogP contribution is 2.32. The van der Waals surface area contributed by atoms with E-state index in [9.17, 15) is 32.3 Å². The van der Waals surface area contributed by atoms with Crippen LogP contribution in [0.3, 0.4) is 0 Å². The zero-order valence-corrected chi connectivity index (χ0v) is 33.4. The number of halogens is 3. The Morgan fingerprint density at radius 1 is 0.704 bits per heavy atom. The normalized spacial score (nSPS) is 21.1. The summed E-state index contributed by atoms with van der Waals surface area (Å²) < 4.78 is 41.4. The zero-order chi connectivity index (χ0) is 40.6. The van der Waals surface area contributed by atoms with E-state index in [1.165, 1.54) is 10.5 Å². The molecule has 54 heavy (non-hydrogen) atoms. The van der Waals surface area contributed by atoms with Gasteiger partial charge in [-0.05, 0) is 80.9 Å². The van der Waals surface area contributed by atoms with Gasteiger partial charge in [0.1, 0.15) is 0 Å². The SMILES string of the molecule is C[C@@H]1CN(C(=O)C(=O)OCC(F)(F)F)[C@@H](c2ccccc2)CN1C(=O)C(C)(C)CN(C)C.C[C@@H]1CN[C@@H](c2ccccc2)CN1C(=O)C(C)(C)CN(C)C. The fourth-order valence-corrected chi connectivity index (χ4v) is 7.32. The van der Waals surface area contributed by atoms with Crippen molar-refractivity contribution in [3.63, 3.8) is 0 Å². The van der Waals surface area contributed by atoms with Gasteiger partial charge in [0.2, 0.25) is 11.8 Å². The first-order valence-electron chi connectivity index (χ1n) is 18.3. The second-order valence-electron chi connectivity index (χ2n) is 16.3. The summed E-state index contributed by atoms with van der Waals surface area (Å²) in [5, 5.41) is 3.56. The van der Waals surface area contributed by atoms with Crippen LogP contribution in [0.15, 0.2) is 60.7 Å². The molecule has 0 aromatic heterocycles. The second-order valence-corrected chi connectivity index (χ2v) is 16.3. The largest absolute Gasteiger partial charge is 0.449 e. The number of carbonyl (C=O) groups excluding carboxylic acids is 4. The first-order chi connectivity index (χ1) is 25.0. The topological polar surface area (TPSA) is 106 Å². The Morgan fingerprint density at radius 2 is 1.17 bits per heavy atom. The predicted octanol–water partition coefficient (Wildman–Crippen LogP) is 4.62. The molecule has 2 heterocycles. The third kappa shape index (κ3) is 12.3. The van der Waals surface area contributed by atoms with Gasteiger partial charge in [-0.3, -0.25) is 14.4 Å². The third-order valence-electron chi connectivity index (χ3n) is 9.60. The van der Waals surface area contributed by atoms with Gasteiger partial charge in [0.05, 0.1) is 16.9 Å². The molecular formula is C40H59F3N6O5. The highest BCUT2D eigenvalue weighted by molar-refractivity contribution is 6.32. The highest BCUT2D eigenvalue weighted by Gasteiger charge is 2.44. The van der Waals surface area contributed by atoms with Crippen LogP contribution >= 0.6 is 0 Å². The van der Waals surface area contributed by atoms with Gasteiger partial charge in [0.15, 0.2) is 6.61 Å². The van der Waals surface area contributed by atoms with Crippen molar-refractivity contribution in [3.05, 3.63) is 71.8 Å². The van der Waals surface area contributed by atoms with Gasteiger partial charge >= 0.3 is 18.1 Å². The highest BCUT2D eigenvalue weighted by atomic mass is 19.4. The Kier molecular flexibility index (Phi) is 15.2. The Bertz CT molecular complexity index is 1550. The lowest BCUT2D eigenvalue weighted by molar-refractivity contribution is -0.190. The van der Waals surface area contributed by atoms with Crippen LogP contribution in [0.4, 0.5) is 13.2 Å². The van der Waals surface area contributed by atoms with Crippen LogP contribution in [0.5, 0.6) is 0 Å². The lowest BCUT2D eigenvalue weighted by atomic mass is 9.88. The van der Waals surface area contributed by atoms with Crippen LogP contribution in [0.1, 0.15) is 64.8 Å². The van der Waals surface area contributed by atoms with Gasteiger partial charge in [-0.25, -0.2) is 4.79 Å². The molecule has 2 fully saturated rings. The molecule has 0 aliphatic carbocycles. The van der Waals surface area contributed by atoms with Crippen molar-refractivity contribution in [1.29, 1.82) is 0 Å².